The lowest BCUT2D eigenvalue weighted by atomic mass is 10.2. The van der Waals surface area contributed by atoms with Crippen LogP contribution in [0.25, 0.3) is 0 Å². The third kappa shape index (κ3) is 2.70. The van der Waals surface area contributed by atoms with E-state index >= 15 is 0 Å². The zero-order valence-corrected chi connectivity index (χ0v) is 9.39. The Morgan fingerprint density at radius 2 is 2.00 bits per heavy atom. The Morgan fingerprint density at radius 1 is 1.29 bits per heavy atom. The molecule has 0 aromatic carbocycles. The Morgan fingerprint density at radius 3 is 2.65 bits per heavy atom. The van der Waals surface area contributed by atoms with Crippen molar-refractivity contribution >= 4 is 23.4 Å². The van der Waals surface area contributed by atoms with Crippen LogP contribution >= 0.6 is 11.8 Å². The van der Waals surface area contributed by atoms with Gasteiger partial charge in [0.15, 0.2) is 5.16 Å². The van der Waals surface area contributed by atoms with Crippen LogP contribution in [0.1, 0.15) is 10.4 Å². The topological polar surface area (TPSA) is 102 Å². The highest BCUT2D eigenvalue weighted by Gasteiger charge is 2.10. The molecule has 17 heavy (non-hydrogen) atoms. The first kappa shape index (κ1) is 11.3. The van der Waals surface area contributed by atoms with Crippen LogP contribution in [0.5, 0.6) is 0 Å². The van der Waals surface area contributed by atoms with Crippen molar-refractivity contribution in [2.75, 3.05) is 5.73 Å². The van der Waals surface area contributed by atoms with Crippen LogP contribution in [0.15, 0.2) is 40.9 Å². The summed E-state index contributed by atoms with van der Waals surface area (Å²) in [7, 11) is 0. The summed E-state index contributed by atoms with van der Waals surface area (Å²) >= 11 is 1.18. The predicted molar refractivity (Wildman–Crippen MR) is 61.8 cm³/mol. The minimum absolute atomic E-state index is 0.0263. The number of nitrogens with zero attached hydrogens (tertiary/aromatic N) is 3. The molecule has 0 amide bonds. The molecule has 0 radical (unpaired) electrons. The van der Waals surface area contributed by atoms with Gasteiger partial charge in [-0.25, -0.2) is 19.7 Å². The third-order valence-electron chi connectivity index (χ3n) is 1.88. The molecular formula is C10H8N4O2S. The lowest BCUT2D eigenvalue weighted by Crippen LogP contribution is -2.03. The molecular weight excluding hydrogens is 240 g/mol. The van der Waals surface area contributed by atoms with Gasteiger partial charge >= 0.3 is 5.97 Å². The van der Waals surface area contributed by atoms with Gasteiger partial charge in [-0.2, -0.15) is 0 Å². The number of nitrogens with two attached hydrogens (primary N) is 1. The molecule has 0 aliphatic carbocycles. The molecule has 2 aromatic rings. The molecule has 3 N–H and O–H groups in total. The third-order valence-corrected chi connectivity index (χ3v) is 2.70. The van der Waals surface area contributed by atoms with Gasteiger partial charge in [-0.15, -0.1) is 0 Å². The minimum Gasteiger partial charge on any atom is -0.478 e. The van der Waals surface area contributed by atoms with Crippen LogP contribution in [0, 0.1) is 0 Å². The quantitative estimate of drug-likeness (QED) is 0.789. The fraction of sp³-hybridized carbons (Fsp3) is 0. The number of nitrogen functional groups attached to an aromatic ring is 1. The maximum atomic E-state index is 10.9. The van der Waals surface area contributed by atoms with Crippen molar-refractivity contribution in [3.8, 4) is 0 Å². The van der Waals surface area contributed by atoms with Crippen LogP contribution in [0.3, 0.4) is 0 Å². The number of carbonyl (C=O) groups is 1. The predicted octanol–water partition coefficient (Wildman–Crippen LogP) is 1.30. The van der Waals surface area contributed by atoms with E-state index in [0.717, 1.165) is 0 Å². The molecule has 0 bridgehead atoms. The van der Waals surface area contributed by atoms with Crippen molar-refractivity contribution in [3.05, 3.63) is 36.3 Å². The summed E-state index contributed by atoms with van der Waals surface area (Å²) in [4.78, 5) is 22.9. The molecule has 0 atom stereocenters. The fourth-order valence-electron chi connectivity index (χ4n) is 1.12. The van der Waals surface area contributed by atoms with Crippen molar-refractivity contribution in [1.29, 1.82) is 0 Å². The van der Waals surface area contributed by atoms with Crippen molar-refractivity contribution < 1.29 is 9.90 Å². The number of carboxylic acid groups (broad SMARTS) is 1. The number of hydrogen-bond donors (Lipinski definition) is 2. The molecule has 0 spiro atoms. The van der Waals surface area contributed by atoms with Crippen LogP contribution in [0.2, 0.25) is 0 Å². The maximum Gasteiger partial charge on any atom is 0.337 e. The van der Waals surface area contributed by atoms with Gasteiger partial charge in [0.25, 0.3) is 0 Å². The largest absolute Gasteiger partial charge is 0.478 e. The molecule has 0 fully saturated rings. The van der Waals surface area contributed by atoms with E-state index in [0.29, 0.717) is 10.2 Å². The zero-order valence-electron chi connectivity index (χ0n) is 8.57. The van der Waals surface area contributed by atoms with Crippen LogP contribution < -0.4 is 5.73 Å². The average Bonchev–Trinajstić information content (AvgIpc) is 2.32. The first-order chi connectivity index (χ1) is 8.16. The zero-order chi connectivity index (χ0) is 12.3. The molecule has 2 aromatic heterocycles. The highest BCUT2D eigenvalue weighted by atomic mass is 32.2. The highest BCUT2D eigenvalue weighted by molar-refractivity contribution is 7.99. The Balaban J connectivity index is 2.29. The van der Waals surface area contributed by atoms with Gasteiger partial charge in [0.2, 0.25) is 0 Å². The Hall–Kier alpha value is -2.15. The van der Waals surface area contributed by atoms with Crippen molar-refractivity contribution in [2.45, 2.75) is 10.2 Å². The second-order valence-corrected chi connectivity index (χ2v) is 4.04. The molecule has 0 saturated carbocycles. The summed E-state index contributed by atoms with van der Waals surface area (Å²) in [6.07, 6.45) is 4.52. The van der Waals surface area contributed by atoms with E-state index in [1.54, 1.807) is 18.5 Å². The number of aromatic carboxylic acids is 1. The summed E-state index contributed by atoms with van der Waals surface area (Å²) in [6, 6.07) is 3.10. The molecule has 6 nitrogen and oxygen atoms in total. The lowest BCUT2D eigenvalue weighted by molar-refractivity contribution is 0.0697. The van der Waals surface area contributed by atoms with E-state index in [1.165, 1.54) is 24.0 Å². The van der Waals surface area contributed by atoms with E-state index < -0.39 is 5.97 Å². The van der Waals surface area contributed by atoms with Crippen LogP contribution in [-0.4, -0.2) is 26.0 Å². The van der Waals surface area contributed by atoms with Gasteiger partial charge in [0, 0.05) is 12.4 Å². The van der Waals surface area contributed by atoms with Gasteiger partial charge < -0.3 is 10.8 Å². The molecule has 0 aliphatic rings. The van der Waals surface area contributed by atoms with E-state index in [9.17, 15) is 4.79 Å². The van der Waals surface area contributed by atoms with Gasteiger partial charge in [-0.05, 0) is 23.9 Å². The van der Waals surface area contributed by atoms with E-state index in [4.69, 9.17) is 10.8 Å². The maximum absolute atomic E-state index is 10.9. The smallest absolute Gasteiger partial charge is 0.337 e. The van der Waals surface area contributed by atoms with Crippen molar-refractivity contribution in [2.24, 2.45) is 0 Å². The first-order valence-corrected chi connectivity index (χ1v) is 5.42. The number of rotatable bonds is 3. The number of anilines is 1. The van der Waals surface area contributed by atoms with Gasteiger partial charge in [-0.1, -0.05) is 0 Å². The molecule has 2 heterocycles. The normalized spacial score (nSPS) is 10.1. The second-order valence-electron chi connectivity index (χ2n) is 3.05. The summed E-state index contributed by atoms with van der Waals surface area (Å²) in [5, 5.41) is 9.90. The number of hydrogen-bond acceptors (Lipinski definition) is 6. The summed E-state index contributed by atoms with van der Waals surface area (Å²) in [6.45, 7) is 0. The Kier molecular flexibility index (Phi) is 3.20. The summed E-state index contributed by atoms with van der Waals surface area (Å²) in [5.74, 6) is -1.08. The van der Waals surface area contributed by atoms with Crippen molar-refractivity contribution in [1.82, 2.24) is 15.0 Å². The minimum atomic E-state index is -1.08. The van der Waals surface area contributed by atoms with Crippen molar-refractivity contribution in [3.63, 3.8) is 0 Å². The number of aromatic nitrogens is 3. The van der Waals surface area contributed by atoms with Gasteiger partial charge in [0.1, 0.15) is 5.03 Å². The molecule has 0 saturated heterocycles. The van der Waals surface area contributed by atoms with E-state index in [2.05, 4.69) is 15.0 Å². The van der Waals surface area contributed by atoms with E-state index in [1.807, 2.05) is 0 Å². The number of pyridine rings is 1. The molecule has 0 unspecified atom stereocenters. The molecule has 2 rings (SSSR count). The Labute approximate surface area is 101 Å². The molecule has 0 aliphatic heterocycles. The fourth-order valence-corrected chi connectivity index (χ4v) is 1.82. The average molecular weight is 248 g/mol. The first-order valence-electron chi connectivity index (χ1n) is 4.60. The summed E-state index contributed by atoms with van der Waals surface area (Å²) in [5.41, 5.74) is 5.66. The van der Waals surface area contributed by atoms with Gasteiger partial charge in [0.05, 0.1) is 17.4 Å². The van der Waals surface area contributed by atoms with E-state index in [-0.39, 0.29) is 11.3 Å². The number of carboxylic acids is 1. The Bertz CT molecular complexity index is 547. The molecule has 86 valence electrons. The van der Waals surface area contributed by atoms with Gasteiger partial charge in [-0.3, -0.25) is 0 Å². The standard InChI is InChI=1S/C10H8N4O2S/c11-7-5-14-8(4-6(7)9(15)16)17-10-12-2-1-3-13-10/h1-5H,11H2,(H,15,16). The monoisotopic (exact) mass is 248 g/mol. The van der Waals surface area contributed by atoms with Crippen LogP contribution in [-0.2, 0) is 0 Å². The summed E-state index contributed by atoms with van der Waals surface area (Å²) < 4.78 is 0. The van der Waals surface area contributed by atoms with Crippen LogP contribution in [0.4, 0.5) is 5.69 Å². The second kappa shape index (κ2) is 4.79. The molecule has 7 heteroatoms. The highest BCUT2D eigenvalue weighted by Crippen LogP contribution is 2.24. The lowest BCUT2D eigenvalue weighted by Gasteiger charge is -2.03. The SMILES string of the molecule is Nc1cnc(Sc2ncccn2)cc1C(=O)O.